The third-order valence-electron chi connectivity index (χ3n) is 7.79. The van der Waals surface area contributed by atoms with Gasteiger partial charge in [-0.25, -0.2) is 14.6 Å². The van der Waals surface area contributed by atoms with E-state index in [2.05, 4.69) is 22.6 Å². The normalized spacial score (nSPS) is 14.1. The number of hydrogen-bond acceptors (Lipinski definition) is 11. The molecule has 0 aliphatic carbocycles. The molecule has 0 spiro atoms. The van der Waals surface area contributed by atoms with E-state index in [9.17, 15) is 14.4 Å². The van der Waals surface area contributed by atoms with Gasteiger partial charge in [-0.15, -0.1) is 0 Å². The maximum Gasteiger partial charge on any atom is 0.338 e. The van der Waals surface area contributed by atoms with Gasteiger partial charge in [-0.05, 0) is 111 Å². The lowest BCUT2D eigenvalue weighted by Crippen LogP contribution is -2.40. The maximum atomic E-state index is 14.4. The average molecular weight is 827 g/mol. The minimum atomic E-state index is -0.844. The molecule has 0 saturated heterocycles. The van der Waals surface area contributed by atoms with Gasteiger partial charge in [0.15, 0.2) is 27.8 Å². The SMILES string of the molecule is CCOC(=O)C1=C(C)N=c2s/c(=C/c3cc(I)cc(OC)c3OCc3ccc(C(=O)OCC)cc3)c(=O)n2[C@H]1c1ccc(OC(C)C)c(OC)c1. The Hall–Kier alpha value is -4.63. The molecule has 0 amide bonds. The summed E-state index contributed by atoms with van der Waals surface area (Å²) in [4.78, 5) is 45.1. The summed E-state index contributed by atoms with van der Waals surface area (Å²) in [5.41, 5.74) is 2.85. The van der Waals surface area contributed by atoms with Crippen molar-refractivity contribution in [2.75, 3.05) is 27.4 Å². The minimum Gasteiger partial charge on any atom is -0.493 e. The third-order valence-corrected chi connectivity index (χ3v) is 9.39. The fraction of sp³-hybridized carbons (Fsp3) is 0.316. The summed E-state index contributed by atoms with van der Waals surface area (Å²) >= 11 is 3.39. The number of nitrogens with zero attached hydrogens (tertiary/aromatic N) is 2. The van der Waals surface area contributed by atoms with Gasteiger partial charge in [0.05, 0.1) is 60.9 Å². The van der Waals surface area contributed by atoms with Gasteiger partial charge in [0.1, 0.15) is 6.61 Å². The lowest BCUT2D eigenvalue weighted by molar-refractivity contribution is -0.139. The second-order valence-electron chi connectivity index (χ2n) is 11.6. The molecule has 5 rings (SSSR count). The topological polar surface area (TPSA) is 124 Å². The number of carbonyl (C=O) groups excluding carboxylic acids is 2. The van der Waals surface area contributed by atoms with Crippen LogP contribution in [0.4, 0.5) is 0 Å². The molecule has 13 heteroatoms. The highest BCUT2D eigenvalue weighted by molar-refractivity contribution is 14.1. The van der Waals surface area contributed by atoms with Crippen LogP contribution in [-0.2, 0) is 20.9 Å². The molecular weight excluding hydrogens is 787 g/mol. The first-order valence-corrected chi connectivity index (χ1v) is 18.2. The molecule has 51 heavy (non-hydrogen) atoms. The Morgan fingerprint density at radius 2 is 1.63 bits per heavy atom. The molecule has 0 saturated carbocycles. The number of carbonyl (C=O) groups is 2. The Kier molecular flexibility index (Phi) is 12.2. The predicted octanol–water partition coefficient (Wildman–Crippen LogP) is 5.96. The zero-order chi connectivity index (χ0) is 36.8. The number of esters is 2. The number of hydrogen-bond donors (Lipinski definition) is 0. The van der Waals surface area contributed by atoms with Crippen molar-refractivity contribution in [3.05, 3.63) is 111 Å². The van der Waals surface area contributed by atoms with E-state index in [0.717, 1.165) is 9.13 Å². The minimum absolute atomic E-state index is 0.0925. The van der Waals surface area contributed by atoms with E-state index < -0.39 is 18.0 Å². The quantitative estimate of drug-likeness (QED) is 0.119. The summed E-state index contributed by atoms with van der Waals surface area (Å²) in [5, 5.41) is 0. The third kappa shape index (κ3) is 8.30. The van der Waals surface area contributed by atoms with Crippen LogP contribution in [0.15, 0.2) is 75.7 Å². The maximum absolute atomic E-state index is 14.4. The summed E-state index contributed by atoms with van der Waals surface area (Å²) in [6.45, 7) is 9.67. The van der Waals surface area contributed by atoms with Gasteiger partial charge < -0.3 is 28.4 Å². The summed E-state index contributed by atoms with van der Waals surface area (Å²) in [6, 6.07) is 15.2. The highest BCUT2D eigenvalue weighted by Crippen LogP contribution is 2.37. The van der Waals surface area contributed by atoms with Crippen molar-refractivity contribution in [2.24, 2.45) is 4.99 Å². The Bertz CT molecular complexity index is 2150. The van der Waals surface area contributed by atoms with Crippen LogP contribution >= 0.6 is 33.9 Å². The van der Waals surface area contributed by atoms with E-state index >= 15 is 0 Å². The number of thiazole rings is 1. The zero-order valence-corrected chi connectivity index (χ0v) is 32.4. The molecule has 1 aliphatic rings. The van der Waals surface area contributed by atoms with Crippen LogP contribution in [0.1, 0.15) is 67.7 Å². The molecule has 1 atom stereocenters. The van der Waals surface area contributed by atoms with Crippen molar-refractivity contribution < 1.29 is 38.0 Å². The lowest BCUT2D eigenvalue weighted by Gasteiger charge is -2.25. The summed E-state index contributed by atoms with van der Waals surface area (Å²) in [6.07, 6.45) is 1.65. The number of halogens is 1. The number of aromatic nitrogens is 1. The highest BCUT2D eigenvalue weighted by atomic mass is 127. The van der Waals surface area contributed by atoms with Gasteiger partial charge in [0.25, 0.3) is 5.56 Å². The van der Waals surface area contributed by atoms with E-state index in [1.807, 2.05) is 32.0 Å². The summed E-state index contributed by atoms with van der Waals surface area (Å²) in [5.74, 6) is 0.965. The van der Waals surface area contributed by atoms with E-state index in [1.165, 1.54) is 15.9 Å². The molecule has 268 valence electrons. The Labute approximate surface area is 313 Å². The smallest absolute Gasteiger partial charge is 0.338 e. The van der Waals surface area contributed by atoms with Crippen molar-refractivity contribution in [1.82, 2.24) is 4.57 Å². The molecule has 0 fully saturated rings. The molecular formula is C38H39IN2O9S. The van der Waals surface area contributed by atoms with E-state index in [4.69, 9.17) is 33.4 Å². The summed E-state index contributed by atoms with van der Waals surface area (Å²) in [7, 11) is 3.09. The largest absolute Gasteiger partial charge is 0.493 e. The molecule has 2 heterocycles. The number of allylic oxidation sites excluding steroid dienone is 1. The van der Waals surface area contributed by atoms with Gasteiger partial charge in [0, 0.05) is 9.13 Å². The Morgan fingerprint density at radius 3 is 2.27 bits per heavy atom. The fourth-order valence-electron chi connectivity index (χ4n) is 5.56. The van der Waals surface area contributed by atoms with Gasteiger partial charge in [-0.1, -0.05) is 29.5 Å². The first kappa shape index (κ1) is 37.6. The van der Waals surface area contributed by atoms with E-state index in [1.54, 1.807) is 77.5 Å². The van der Waals surface area contributed by atoms with E-state index in [0.29, 0.717) is 61.3 Å². The number of methoxy groups -OCH3 is 2. The fourth-order valence-corrected chi connectivity index (χ4v) is 7.22. The van der Waals surface area contributed by atoms with Crippen molar-refractivity contribution in [3.8, 4) is 23.0 Å². The number of benzene rings is 3. The zero-order valence-electron chi connectivity index (χ0n) is 29.4. The molecule has 1 aromatic heterocycles. The molecule has 0 radical (unpaired) electrons. The second kappa shape index (κ2) is 16.6. The molecule has 0 bridgehead atoms. The molecule has 1 aliphatic heterocycles. The average Bonchev–Trinajstić information content (AvgIpc) is 3.40. The van der Waals surface area contributed by atoms with Crippen LogP contribution in [0.3, 0.4) is 0 Å². The standard InChI is InChI=1S/C38H39IN2O9S/c1-8-47-36(43)24-12-10-23(11-13-24)20-49-34-26(16-27(39)19-30(34)46-7)18-31-35(42)41-33(25-14-15-28(50-21(3)4)29(17-25)45-6)32(37(44)48-9-2)22(5)40-38(41)51-31/h10-19,21,33H,8-9,20H2,1-7H3/b31-18+/t33-/m0/s1. The summed E-state index contributed by atoms with van der Waals surface area (Å²) < 4.78 is 36.9. The van der Waals surface area contributed by atoms with Crippen LogP contribution in [0.2, 0.25) is 0 Å². The van der Waals surface area contributed by atoms with Crippen LogP contribution in [0, 0.1) is 3.57 Å². The second-order valence-corrected chi connectivity index (χ2v) is 13.9. The first-order valence-electron chi connectivity index (χ1n) is 16.3. The Balaban J connectivity index is 1.61. The van der Waals surface area contributed by atoms with Gasteiger partial charge in [-0.2, -0.15) is 0 Å². The molecule has 11 nitrogen and oxygen atoms in total. The highest BCUT2D eigenvalue weighted by Gasteiger charge is 2.34. The van der Waals surface area contributed by atoms with Crippen molar-refractivity contribution in [1.29, 1.82) is 0 Å². The first-order chi connectivity index (χ1) is 24.5. The van der Waals surface area contributed by atoms with Crippen LogP contribution in [0.5, 0.6) is 23.0 Å². The van der Waals surface area contributed by atoms with Crippen LogP contribution in [0.25, 0.3) is 6.08 Å². The predicted molar refractivity (Wildman–Crippen MR) is 202 cm³/mol. The molecule has 0 unspecified atom stereocenters. The molecule has 4 aromatic rings. The molecule has 0 N–H and O–H groups in total. The molecule has 3 aromatic carbocycles. The monoisotopic (exact) mass is 826 g/mol. The van der Waals surface area contributed by atoms with Crippen LogP contribution in [-0.4, -0.2) is 50.0 Å². The van der Waals surface area contributed by atoms with Crippen molar-refractivity contribution >= 4 is 51.9 Å². The van der Waals surface area contributed by atoms with E-state index in [-0.39, 0.29) is 30.5 Å². The number of fused-ring (bicyclic) bond motifs is 1. The number of ether oxygens (including phenoxy) is 6. The van der Waals surface area contributed by atoms with Gasteiger partial charge >= 0.3 is 11.9 Å². The van der Waals surface area contributed by atoms with Crippen molar-refractivity contribution in [3.63, 3.8) is 0 Å². The van der Waals surface area contributed by atoms with Gasteiger partial charge in [0.2, 0.25) is 0 Å². The number of rotatable bonds is 13. The van der Waals surface area contributed by atoms with Crippen LogP contribution < -0.4 is 33.8 Å². The lowest BCUT2D eigenvalue weighted by atomic mass is 9.95. The van der Waals surface area contributed by atoms with Crippen molar-refractivity contribution in [2.45, 2.75) is 53.4 Å². The van der Waals surface area contributed by atoms with Gasteiger partial charge in [-0.3, -0.25) is 9.36 Å². The Morgan fingerprint density at radius 1 is 0.941 bits per heavy atom.